The lowest BCUT2D eigenvalue weighted by Gasteiger charge is -2.25. The van der Waals surface area contributed by atoms with Crippen LogP contribution < -0.4 is 14.4 Å². The van der Waals surface area contributed by atoms with Gasteiger partial charge in [0.15, 0.2) is 6.61 Å². The van der Waals surface area contributed by atoms with E-state index in [1.165, 1.54) is 4.31 Å². The minimum Gasteiger partial charge on any atom is -0.484 e. The lowest BCUT2D eigenvalue weighted by Crippen LogP contribution is -2.30. The molecule has 8 nitrogen and oxygen atoms in total. The maximum atomic E-state index is 13.7. The highest BCUT2D eigenvalue weighted by Crippen LogP contribution is 2.28. The third-order valence-electron chi connectivity index (χ3n) is 6.02. The molecule has 4 aromatic rings. The van der Waals surface area contributed by atoms with Crippen molar-refractivity contribution in [1.29, 1.82) is 0 Å². The van der Waals surface area contributed by atoms with E-state index in [0.29, 0.717) is 27.7 Å². The van der Waals surface area contributed by atoms with E-state index in [9.17, 15) is 18.0 Å². The average molecular weight is 593 g/mol. The Morgan fingerprint density at radius 2 is 1.49 bits per heavy atom. The SMILES string of the molecule is CCOC(=O)c1ccc(NC(=O)COc2ccc(N(Cc3ccc(Cl)cc3)S(=O)(=O)c3ccc(C)cc3)cc2)cc1. The number of hydrogen-bond donors (Lipinski definition) is 1. The van der Waals surface area contributed by atoms with Gasteiger partial charge in [0.2, 0.25) is 0 Å². The Labute approximate surface area is 244 Å². The summed E-state index contributed by atoms with van der Waals surface area (Å²) < 4.78 is 39.2. The summed E-state index contributed by atoms with van der Waals surface area (Å²) in [4.78, 5) is 24.3. The summed E-state index contributed by atoms with van der Waals surface area (Å²) >= 11 is 6.02. The van der Waals surface area contributed by atoms with E-state index in [4.69, 9.17) is 21.1 Å². The lowest BCUT2D eigenvalue weighted by molar-refractivity contribution is -0.118. The van der Waals surface area contributed by atoms with E-state index in [1.54, 1.807) is 104 Å². The summed E-state index contributed by atoms with van der Waals surface area (Å²) in [5, 5.41) is 3.26. The number of amides is 1. The number of benzene rings is 4. The van der Waals surface area contributed by atoms with Crippen molar-refractivity contribution in [3.8, 4) is 5.75 Å². The number of rotatable bonds is 11. The third-order valence-corrected chi connectivity index (χ3v) is 8.06. The molecule has 0 bridgehead atoms. The van der Waals surface area contributed by atoms with Gasteiger partial charge in [-0.1, -0.05) is 41.4 Å². The Hall–Kier alpha value is -4.34. The van der Waals surface area contributed by atoms with E-state index in [0.717, 1.165) is 11.1 Å². The molecule has 0 atom stereocenters. The minimum absolute atomic E-state index is 0.0882. The largest absolute Gasteiger partial charge is 0.484 e. The van der Waals surface area contributed by atoms with Gasteiger partial charge in [0.25, 0.3) is 15.9 Å². The molecule has 0 aliphatic heterocycles. The van der Waals surface area contributed by atoms with Gasteiger partial charge < -0.3 is 14.8 Å². The Balaban J connectivity index is 1.45. The van der Waals surface area contributed by atoms with Crippen molar-refractivity contribution in [2.45, 2.75) is 25.3 Å². The minimum atomic E-state index is -3.90. The van der Waals surface area contributed by atoms with Crippen LogP contribution in [0.5, 0.6) is 5.75 Å². The number of halogens is 1. The van der Waals surface area contributed by atoms with Crippen molar-refractivity contribution >= 4 is 44.9 Å². The van der Waals surface area contributed by atoms with Crippen molar-refractivity contribution in [2.75, 3.05) is 22.8 Å². The zero-order chi connectivity index (χ0) is 29.4. The summed E-state index contributed by atoms with van der Waals surface area (Å²) in [5.74, 6) is -0.444. The van der Waals surface area contributed by atoms with Crippen LogP contribution in [0.3, 0.4) is 0 Å². The summed E-state index contributed by atoms with van der Waals surface area (Å²) in [7, 11) is -3.90. The lowest BCUT2D eigenvalue weighted by atomic mass is 10.2. The molecule has 4 aromatic carbocycles. The van der Waals surface area contributed by atoms with Gasteiger partial charge in [-0.25, -0.2) is 13.2 Å². The smallest absolute Gasteiger partial charge is 0.338 e. The Morgan fingerprint density at radius 1 is 0.854 bits per heavy atom. The molecule has 0 aromatic heterocycles. The van der Waals surface area contributed by atoms with Crippen molar-refractivity contribution in [2.24, 2.45) is 0 Å². The normalized spacial score (nSPS) is 11.0. The molecule has 0 spiro atoms. The number of aryl methyl sites for hydroxylation is 1. The second kappa shape index (κ2) is 13.3. The Kier molecular flexibility index (Phi) is 9.65. The molecule has 10 heteroatoms. The predicted octanol–water partition coefficient (Wildman–Crippen LogP) is 6.24. The van der Waals surface area contributed by atoms with Crippen LogP contribution in [-0.4, -0.2) is 33.5 Å². The molecule has 0 unspecified atom stereocenters. The van der Waals surface area contributed by atoms with E-state index < -0.39 is 21.9 Å². The summed E-state index contributed by atoms with van der Waals surface area (Å²) in [6, 6.07) is 26.5. The molecule has 0 aliphatic carbocycles. The van der Waals surface area contributed by atoms with Gasteiger partial charge in [0.1, 0.15) is 5.75 Å². The molecular formula is C31H29ClN2O6S. The molecule has 212 valence electrons. The van der Waals surface area contributed by atoms with Crippen LogP contribution in [0.25, 0.3) is 0 Å². The molecule has 0 aliphatic rings. The van der Waals surface area contributed by atoms with Crippen molar-refractivity contribution in [1.82, 2.24) is 0 Å². The highest BCUT2D eigenvalue weighted by molar-refractivity contribution is 7.92. The van der Waals surface area contributed by atoms with Gasteiger partial charge in [-0.2, -0.15) is 0 Å². The van der Waals surface area contributed by atoms with Gasteiger partial charge in [0.05, 0.1) is 29.3 Å². The number of nitrogens with zero attached hydrogens (tertiary/aromatic N) is 1. The molecule has 0 saturated carbocycles. The third kappa shape index (κ3) is 7.87. The first-order valence-corrected chi connectivity index (χ1v) is 14.6. The molecule has 1 N–H and O–H groups in total. The fraction of sp³-hybridized carbons (Fsp3) is 0.161. The molecule has 0 heterocycles. The number of anilines is 2. The van der Waals surface area contributed by atoms with Gasteiger partial charge in [-0.05, 0) is 92.2 Å². The van der Waals surface area contributed by atoms with Crippen molar-refractivity contribution in [3.05, 3.63) is 119 Å². The maximum absolute atomic E-state index is 13.7. The topological polar surface area (TPSA) is 102 Å². The number of carbonyl (C=O) groups excluding carboxylic acids is 2. The van der Waals surface area contributed by atoms with Crippen LogP contribution in [0.2, 0.25) is 5.02 Å². The molecule has 41 heavy (non-hydrogen) atoms. The number of esters is 1. The number of nitrogens with one attached hydrogen (secondary N) is 1. The van der Waals surface area contributed by atoms with Gasteiger partial charge in [0, 0.05) is 10.7 Å². The number of carbonyl (C=O) groups is 2. The number of sulfonamides is 1. The standard InChI is InChI=1S/C31H29ClN2O6S/c1-3-39-31(36)24-8-12-26(13-9-24)33-30(35)21-40-28-16-14-27(15-17-28)34(20-23-6-10-25(32)11-7-23)41(37,38)29-18-4-22(2)5-19-29/h4-19H,3,20-21H2,1-2H3,(H,33,35). The molecule has 0 fully saturated rings. The van der Waals surface area contributed by atoms with E-state index >= 15 is 0 Å². The van der Waals surface area contributed by atoms with Crippen LogP contribution in [-0.2, 0) is 26.1 Å². The second-order valence-electron chi connectivity index (χ2n) is 9.08. The van der Waals surface area contributed by atoms with Crippen LogP contribution in [0.15, 0.2) is 102 Å². The first-order chi connectivity index (χ1) is 19.7. The van der Waals surface area contributed by atoms with Crippen LogP contribution in [0.1, 0.15) is 28.4 Å². The monoisotopic (exact) mass is 592 g/mol. The fourth-order valence-corrected chi connectivity index (χ4v) is 5.45. The van der Waals surface area contributed by atoms with E-state index in [1.807, 2.05) is 6.92 Å². The van der Waals surface area contributed by atoms with Crippen molar-refractivity contribution in [3.63, 3.8) is 0 Å². The summed E-state index contributed by atoms with van der Waals surface area (Å²) in [5.41, 5.74) is 3.03. The van der Waals surface area contributed by atoms with Gasteiger partial charge in [-0.15, -0.1) is 0 Å². The van der Waals surface area contributed by atoms with E-state index in [2.05, 4.69) is 5.32 Å². The predicted molar refractivity (Wildman–Crippen MR) is 159 cm³/mol. The highest BCUT2D eigenvalue weighted by atomic mass is 35.5. The maximum Gasteiger partial charge on any atom is 0.338 e. The molecular weight excluding hydrogens is 564 g/mol. The van der Waals surface area contributed by atoms with E-state index in [-0.39, 0.29) is 24.7 Å². The number of hydrogen-bond acceptors (Lipinski definition) is 6. The Bertz CT molecular complexity index is 1590. The van der Waals surface area contributed by atoms with Crippen LogP contribution >= 0.6 is 11.6 Å². The van der Waals surface area contributed by atoms with Crippen molar-refractivity contribution < 1.29 is 27.5 Å². The second-order valence-corrected chi connectivity index (χ2v) is 11.4. The first kappa shape index (κ1) is 29.6. The summed E-state index contributed by atoms with van der Waals surface area (Å²) in [6.45, 7) is 3.71. The zero-order valence-electron chi connectivity index (χ0n) is 22.5. The van der Waals surface area contributed by atoms with Gasteiger partial charge >= 0.3 is 5.97 Å². The van der Waals surface area contributed by atoms with Gasteiger partial charge in [-0.3, -0.25) is 9.10 Å². The number of ether oxygens (including phenoxy) is 2. The van der Waals surface area contributed by atoms with Crippen LogP contribution in [0, 0.1) is 6.92 Å². The van der Waals surface area contributed by atoms with Crippen LogP contribution in [0.4, 0.5) is 11.4 Å². The summed E-state index contributed by atoms with van der Waals surface area (Å²) in [6.07, 6.45) is 0. The first-order valence-electron chi connectivity index (χ1n) is 12.8. The average Bonchev–Trinajstić information content (AvgIpc) is 2.97. The fourth-order valence-electron chi connectivity index (χ4n) is 3.87. The quantitative estimate of drug-likeness (QED) is 0.207. The Morgan fingerprint density at radius 3 is 2.10 bits per heavy atom. The zero-order valence-corrected chi connectivity index (χ0v) is 24.1. The molecule has 1 amide bonds. The molecule has 4 rings (SSSR count). The molecule has 0 radical (unpaired) electrons. The highest BCUT2D eigenvalue weighted by Gasteiger charge is 2.25. The molecule has 0 saturated heterocycles.